The quantitative estimate of drug-likeness (QED) is 0.574. The third-order valence-electron chi connectivity index (χ3n) is 2.81. The monoisotopic (exact) mass is 391 g/mol. The summed E-state index contributed by atoms with van der Waals surface area (Å²) in [4.78, 5) is 4.37. The number of nitrogens with zero attached hydrogens (tertiary/aromatic N) is 1. The molecule has 0 radical (unpaired) electrons. The van der Waals surface area contributed by atoms with Crippen LogP contribution in [0.15, 0.2) is 29.3 Å². The molecule has 0 fully saturated rings. The third-order valence-corrected chi connectivity index (χ3v) is 2.81. The third kappa shape index (κ3) is 5.96. The van der Waals surface area contributed by atoms with Crippen LogP contribution >= 0.6 is 24.0 Å². The fraction of sp³-hybridized carbons (Fsp3) is 0.500. The molecule has 0 bridgehead atoms. The lowest BCUT2D eigenvalue weighted by atomic mass is 10.2. The summed E-state index contributed by atoms with van der Waals surface area (Å²) in [6.45, 7) is 3.81. The molecule has 0 saturated heterocycles. The Hall–Kier alpha value is -1.02. The fourth-order valence-corrected chi connectivity index (χ4v) is 1.82. The Morgan fingerprint density at radius 1 is 1.35 bits per heavy atom. The number of guanidine groups is 1. The van der Waals surface area contributed by atoms with E-state index in [-0.39, 0.29) is 24.0 Å². The van der Waals surface area contributed by atoms with Gasteiger partial charge in [-0.25, -0.2) is 0 Å². The molecule has 1 aromatic carbocycles. The SMILES string of the molecule is COCCOc1cccc(CNC2=NCCCN2)c1.I. The van der Waals surface area contributed by atoms with Gasteiger partial charge in [0, 0.05) is 26.7 Å². The highest BCUT2D eigenvalue weighted by atomic mass is 127. The average Bonchev–Trinajstić information content (AvgIpc) is 2.47. The zero-order valence-corrected chi connectivity index (χ0v) is 14.1. The maximum atomic E-state index is 5.58. The van der Waals surface area contributed by atoms with Gasteiger partial charge in [0.1, 0.15) is 12.4 Å². The molecule has 1 aromatic rings. The van der Waals surface area contributed by atoms with Crippen molar-refractivity contribution < 1.29 is 9.47 Å². The summed E-state index contributed by atoms with van der Waals surface area (Å²) in [5.41, 5.74) is 1.17. The smallest absolute Gasteiger partial charge is 0.191 e. The van der Waals surface area contributed by atoms with Gasteiger partial charge in [0.25, 0.3) is 0 Å². The largest absolute Gasteiger partial charge is 0.491 e. The van der Waals surface area contributed by atoms with E-state index in [0.717, 1.165) is 37.8 Å². The van der Waals surface area contributed by atoms with E-state index in [1.54, 1.807) is 7.11 Å². The van der Waals surface area contributed by atoms with Gasteiger partial charge in [-0.3, -0.25) is 4.99 Å². The van der Waals surface area contributed by atoms with Gasteiger partial charge in [-0.05, 0) is 24.1 Å². The van der Waals surface area contributed by atoms with Crippen molar-refractivity contribution in [1.29, 1.82) is 0 Å². The Morgan fingerprint density at radius 3 is 3.00 bits per heavy atom. The van der Waals surface area contributed by atoms with E-state index in [2.05, 4.69) is 21.7 Å². The van der Waals surface area contributed by atoms with Gasteiger partial charge in [0.05, 0.1) is 6.61 Å². The minimum absolute atomic E-state index is 0. The molecule has 0 amide bonds. The topological polar surface area (TPSA) is 54.9 Å². The molecule has 1 aliphatic rings. The minimum Gasteiger partial charge on any atom is -0.491 e. The first-order valence-electron chi connectivity index (χ1n) is 6.61. The van der Waals surface area contributed by atoms with Crippen molar-refractivity contribution in [3.63, 3.8) is 0 Å². The van der Waals surface area contributed by atoms with Crippen LogP contribution < -0.4 is 15.4 Å². The second-order valence-electron chi connectivity index (χ2n) is 4.35. The number of methoxy groups -OCH3 is 1. The molecule has 0 aliphatic carbocycles. The standard InChI is InChI=1S/C14H21N3O2.HI/c1-18-8-9-19-13-5-2-4-12(10-13)11-17-14-15-6-3-7-16-14;/h2,4-5,10H,3,6-9,11H2,1H3,(H2,15,16,17);1H. The summed E-state index contributed by atoms with van der Waals surface area (Å²) in [7, 11) is 1.67. The van der Waals surface area contributed by atoms with E-state index >= 15 is 0 Å². The maximum absolute atomic E-state index is 5.58. The highest BCUT2D eigenvalue weighted by Gasteiger charge is 2.03. The Balaban J connectivity index is 0.00000200. The van der Waals surface area contributed by atoms with Crippen molar-refractivity contribution >= 4 is 29.9 Å². The van der Waals surface area contributed by atoms with Crippen LogP contribution in [0, 0.1) is 0 Å². The van der Waals surface area contributed by atoms with Crippen molar-refractivity contribution in [1.82, 2.24) is 10.6 Å². The van der Waals surface area contributed by atoms with E-state index in [1.807, 2.05) is 18.2 Å². The van der Waals surface area contributed by atoms with Crippen LogP contribution in [0.25, 0.3) is 0 Å². The molecule has 20 heavy (non-hydrogen) atoms. The van der Waals surface area contributed by atoms with Crippen molar-refractivity contribution in [2.24, 2.45) is 4.99 Å². The van der Waals surface area contributed by atoms with Gasteiger partial charge in [0.15, 0.2) is 5.96 Å². The summed E-state index contributed by atoms with van der Waals surface area (Å²) in [5.74, 6) is 1.76. The Kier molecular flexibility index (Phi) is 8.36. The molecule has 112 valence electrons. The molecule has 6 heteroatoms. The molecule has 5 nitrogen and oxygen atoms in total. The molecule has 0 saturated carbocycles. The first-order valence-corrected chi connectivity index (χ1v) is 6.61. The highest BCUT2D eigenvalue weighted by Crippen LogP contribution is 2.13. The summed E-state index contributed by atoms with van der Waals surface area (Å²) >= 11 is 0. The van der Waals surface area contributed by atoms with E-state index in [0.29, 0.717) is 13.2 Å². The predicted octanol–water partition coefficient (Wildman–Crippen LogP) is 1.77. The van der Waals surface area contributed by atoms with Crippen molar-refractivity contribution in [2.45, 2.75) is 13.0 Å². The average molecular weight is 391 g/mol. The number of aliphatic imine (C=N–C) groups is 1. The van der Waals surface area contributed by atoms with Crippen molar-refractivity contribution in [3.8, 4) is 5.75 Å². The summed E-state index contributed by atoms with van der Waals surface area (Å²) < 4.78 is 10.5. The lowest BCUT2D eigenvalue weighted by Crippen LogP contribution is -2.40. The number of rotatable bonds is 6. The second kappa shape index (κ2) is 9.82. The molecule has 1 aliphatic heterocycles. The molecule has 0 atom stereocenters. The number of hydrogen-bond acceptors (Lipinski definition) is 5. The first-order chi connectivity index (χ1) is 9.38. The number of halogens is 1. The fourth-order valence-electron chi connectivity index (χ4n) is 1.82. The Labute approximate surface area is 137 Å². The molecule has 0 unspecified atom stereocenters. The minimum atomic E-state index is 0. The van der Waals surface area contributed by atoms with Crippen molar-refractivity contribution in [3.05, 3.63) is 29.8 Å². The molecule has 0 spiro atoms. The number of ether oxygens (including phenoxy) is 2. The molecule has 2 N–H and O–H groups in total. The van der Waals surface area contributed by atoms with Crippen molar-refractivity contribution in [2.75, 3.05) is 33.4 Å². The molecular formula is C14H22IN3O2. The zero-order chi connectivity index (χ0) is 13.3. The highest BCUT2D eigenvalue weighted by molar-refractivity contribution is 14.0. The van der Waals surface area contributed by atoms with E-state index in [1.165, 1.54) is 5.56 Å². The van der Waals surface area contributed by atoms with Crippen LogP contribution in [0.1, 0.15) is 12.0 Å². The summed E-state index contributed by atoms with van der Waals surface area (Å²) in [6, 6.07) is 8.05. The first kappa shape index (κ1) is 17.0. The van der Waals surface area contributed by atoms with E-state index < -0.39 is 0 Å². The van der Waals surface area contributed by atoms with Crippen LogP contribution in [0.4, 0.5) is 0 Å². The second-order valence-corrected chi connectivity index (χ2v) is 4.35. The normalized spacial score (nSPS) is 13.8. The van der Waals surface area contributed by atoms with Gasteiger partial charge in [-0.1, -0.05) is 12.1 Å². The van der Waals surface area contributed by atoms with Crippen LogP contribution in [0.5, 0.6) is 5.75 Å². The lowest BCUT2D eigenvalue weighted by molar-refractivity contribution is 0.146. The zero-order valence-electron chi connectivity index (χ0n) is 11.7. The van der Waals surface area contributed by atoms with Gasteiger partial charge < -0.3 is 20.1 Å². The Morgan fingerprint density at radius 2 is 2.25 bits per heavy atom. The summed E-state index contributed by atoms with van der Waals surface area (Å²) in [5, 5.41) is 6.53. The molecule has 1 heterocycles. The summed E-state index contributed by atoms with van der Waals surface area (Å²) in [6.07, 6.45) is 1.11. The number of hydrogen-bond donors (Lipinski definition) is 2. The van der Waals surface area contributed by atoms with Gasteiger partial charge >= 0.3 is 0 Å². The molecule has 0 aromatic heterocycles. The van der Waals surface area contributed by atoms with E-state index in [9.17, 15) is 0 Å². The van der Waals surface area contributed by atoms with Crippen LogP contribution in [0.3, 0.4) is 0 Å². The van der Waals surface area contributed by atoms with Gasteiger partial charge in [-0.15, -0.1) is 24.0 Å². The number of benzene rings is 1. The van der Waals surface area contributed by atoms with Crippen LogP contribution in [-0.2, 0) is 11.3 Å². The van der Waals surface area contributed by atoms with E-state index in [4.69, 9.17) is 9.47 Å². The predicted molar refractivity (Wildman–Crippen MR) is 91.0 cm³/mol. The van der Waals surface area contributed by atoms with Gasteiger partial charge in [-0.2, -0.15) is 0 Å². The lowest BCUT2D eigenvalue weighted by Gasteiger charge is -2.16. The maximum Gasteiger partial charge on any atom is 0.191 e. The molecular weight excluding hydrogens is 369 g/mol. The van der Waals surface area contributed by atoms with Gasteiger partial charge in [0.2, 0.25) is 0 Å². The Bertz CT molecular complexity index is 427. The van der Waals surface area contributed by atoms with Crippen LogP contribution in [0.2, 0.25) is 0 Å². The molecule has 2 rings (SSSR count). The number of nitrogens with one attached hydrogen (secondary N) is 2. The van der Waals surface area contributed by atoms with Crippen LogP contribution in [-0.4, -0.2) is 39.4 Å².